The fraction of sp³-hybridized carbons (Fsp3) is 1.00. The van der Waals surface area contributed by atoms with E-state index in [-0.39, 0.29) is 6.61 Å². The molecule has 1 N–H and O–H groups in total. The van der Waals surface area contributed by atoms with Gasteiger partial charge in [-0.2, -0.15) is 0 Å². The van der Waals surface area contributed by atoms with Crippen LogP contribution in [0.25, 0.3) is 0 Å². The zero-order valence-corrected chi connectivity index (χ0v) is 13.9. The van der Waals surface area contributed by atoms with Gasteiger partial charge >= 0.3 is 0 Å². The van der Waals surface area contributed by atoms with Gasteiger partial charge in [-0.05, 0) is 38.3 Å². The predicted octanol–water partition coefficient (Wildman–Crippen LogP) is -0.342. The van der Waals surface area contributed by atoms with Gasteiger partial charge in [0.1, 0.15) is 0 Å². The minimum Gasteiger partial charge on any atom is -0.395 e. The summed E-state index contributed by atoms with van der Waals surface area (Å²) in [5.41, 5.74) is 0. The maximum Gasteiger partial charge on any atom is 0.211 e. The molecule has 7 heteroatoms. The summed E-state index contributed by atoms with van der Waals surface area (Å²) >= 11 is 0. The predicted molar refractivity (Wildman–Crippen MR) is 83.7 cm³/mol. The summed E-state index contributed by atoms with van der Waals surface area (Å²) in [4.78, 5) is 4.78. The Balaban J connectivity index is 1.81. The van der Waals surface area contributed by atoms with Gasteiger partial charge in [0.2, 0.25) is 10.0 Å². The molecule has 1 unspecified atom stereocenters. The molecule has 2 heterocycles. The van der Waals surface area contributed by atoms with Crippen LogP contribution < -0.4 is 0 Å². The molecule has 21 heavy (non-hydrogen) atoms. The molecule has 6 nitrogen and oxygen atoms in total. The molecule has 2 aliphatic heterocycles. The lowest BCUT2D eigenvalue weighted by molar-refractivity contribution is 0.172. The van der Waals surface area contributed by atoms with Gasteiger partial charge in [0.05, 0.1) is 12.9 Å². The largest absolute Gasteiger partial charge is 0.395 e. The van der Waals surface area contributed by atoms with Crippen molar-refractivity contribution in [1.29, 1.82) is 0 Å². The maximum absolute atomic E-state index is 11.7. The van der Waals surface area contributed by atoms with E-state index in [0.29, 0.717) is 19.0 Å². The van der Waals surface area contributed by atoms with Crippen LogP contribution in [0.3, 0.4) is 0 Å². The first-order valence-corrected chi connectivity index (χ1v) is 9.84. The summed E-state index contributed by atoms with van der Waals surface area (Å²) in [6, 6.07) is 0. The van der Waals surface area contributed by atoms with Gasteiger partial charge in [-0.25, -0.2) is 12.7 Å². The molecule has 0 radical (unpaired) electrons. The number of sulfonamides is 1. The minimum atomic E-state index is -3.04. The van der Waals surface area contributed by atoms with Crippen LogP contribution in [0.15, 0.2) is 0 Å². The molecule has 0 amide bonds. The van der Waals surface area contributed by atoms with Crippen molar-refractivity contribution >= 4 is 10.0 Å². The Hall–Kier alpha value is -0.210. The van der Waals surface area contributed by atoms with E-state index in [0.717, 1.165) is 58.5 Å². The van der Waals surface area contributed by atoms with Gasteiger partial charge in [-0.1, -0.05) is 0 Å². The molecule has 2 rings (SSSR count). The monoisotopic (exact) mass is 319 g/mol. The van der Waals surface area contributed by atoms with Crippen molar-refractivity contribution in [2.24, 2.45) is 5.92 Å². The molecule has 0 aliphatic carbocycles. The molecule has 0 aromatic carbocycles. The lowest BCUT2D eigenvalue weighted by atomic mass is 9.99. The normalized spacial score (nSPS) is 27.6. The smallest absolute Gasteiger partial charge is 0.211 e. The first kappa shape index (κ1) is 17.1. The van der Waals surface area contributed by atoms with Crippen molar-refractivity contribution < 1.29 is 13.5 Å². The van der Waals surface area contributed by atoms with Gasteiger partial charge in [-0.15, -0.1) is 0 Å². The summed E-state index contributed by atoms with van der Waals surface area (Å²) in [5, 5.41) is 9.03. The number of rotatable bonds is 5. The van der Waals surface area contributed by atoms with E-state index in [1.165, 1.54) is 6.26 Å². The average Bonchev–Trinajstić information content (AvgIpc) is 2.64. The van der Waals surface area contributed by atoms with E-state index >= 15 is 0 Å². The Morgan fingerprint density at radius 2 is 1.76 bits per heavy atom. The highest BCUT2D eigenvalue weighted by atomic mass is 32.2. The van der Waals surface area contributed by atoms with Crippen molar-refractivity contribution in [3.05, 3.63) is 0 Å². The number of hydrogen-bond acceptors (Lipinski definition) is 5. The summed E-state index contributed by atoms with van der Waals surface area (Å²) in [6.45, 7) is 7.51. The third kappa shape index (κ3) is 5.49. The van der Waals surface area contributed by atoms with Gasteiger partial charge in [-0.3, -0.25) is 4.90 Å². The number of aliphatic hydroxyl groups excluding tert-OH is 1. The molecular formula is C14H29N3O3S. The zero-order valence-electron chi connectivity index (χ0n) is 13.1. The second kappa shape index (κ2) is 7.87. The molecule has 124 valence electrons. The van der Waals surface area contributed by atoms with E-state index in [1.807, 2.05) is 0 Å². The van der Waals surface area contributed by atoms with Gasteiger partial charge in [0.25, 0.3) is 0 Å². The van der Waals surface area contributed by atoms with E-state index in [9.17, 15) is 8.42 Å². The quantitative estimate of drug-likeness (QED) is 0.751. The van der Waals surface area contributed by atoms with Crippen LogP contribution in [0.2, 0.25) is 0 Å². The van der Waals surface area contributed by atoms with Gasteiger partial charge < -0.3 is 10.0 Å². The second-order valence-corrected chi connectivity index (χ2v) is 8.33. The number of hydrogen-bond donors (Lipinski definition) is 1. The van der Waals surface area contributed by atoms with Crippen LogP contribution >= 0.6 is 0 Å². The molecular weight excluding hydrogens is 290 g/mol. The van der Waals surface area contributed by atoms with Gasteiger partial charge in [0.15, 0.2) is 0 Å². The highest BCUT2D eigenvalue weighted by Gasteiger charge is 2.27. The Kier molecular flexibility index (Phi) is 6.43. The van der Waals surface area contributed by atoms with Crippen molar-refractivity contribution in [2.45, 2.75) is 19.3 Å². The molecule has 0 bridgehead atoms. The Bertz CT molecular complexity index is 416. The molecule has 0 aromatic heterocycles. The highest BCUT2D eigenvalue weighted by Crippen LogP contribution is 2.20. The lowest BCUT2D eigenvalue weighted by Gasteiger charge is -2.34. The summed E-state index contributed by atoms with van der Waals surface area (Å²) in [7, 11) is -3.04. The fourth-order valence-corrected chi connectivity index (χ4v) is 4.36. The molecule has 0 spiro atoms. The fourth-order valence-electron chi connectivity index (χ4n) is 3.41. The topological polar surface area (TPSA) is 64.1 Å². The van der Waals surface area contributed by atoms with Crippen molar-refractivity contribution in [1.82, 2.24) is 14.1 Å². The first-order chi connectivity index (χ1) is 9.99. The Labute approximate surface area is 128 Å². The standard InChI is InChI=1S/C14H29N3O3S/c1-21(19,20)17-7-2-4-14(13-17)12-16-6-3-5-15(8-9-16)10-11-18/h14,18H,2-13H2,1H3. The van der Waals surface area contributed by atoms with Crippen molar-refractivity contribution in [2.75, 3.05) is 65.2 Å². The number of β-amino-alcohol motifs (C(OH)–C–C–N with tert-alkyl or cyclic N) is 1. The Morgan fingerprint density at radius 1 is 1.05 bits per heavy atom. The highest BCUT2D eigenvalue weighted by molar-refractivity contribution is 7.88. The summed E-state index contributed by atoms with van der Waals surface area (Å²) in [6.07, 6.45) is 4.54. The second-order valence-electron chi connectivity index (χ2n) is 6.35. The van der Waals surface area contributed by atoms with Gasteiger partial charge in [0, 0.05) is 39.3 Å². The Morgan fingerprint density at radius 3 is 2.48 bits per heavy atom. The third-order valence-corrected chi connectivity index (χ3v) is 5.83. The van der Waals surface area contributed by atoms with Crippen LogP contribution in [0.5, 0.6) is 0 Å². The number of nitrogens with zero attached hydrogens (tertiary/aromatic N) is 3. The van der Waals surface area contributed by atoms with Crippen molar-refractivity contribution in [3.8, 4) is 0 Å². The van der Waals surface area contributed by atoms with E-state index in [1.54, 1.807) is 4.31 Å². The van der Waals surface area contributed by atoms with E-state index in [4.69, 9.17) is 5.11 Å². The van der Waals surface area contributed by atoms with E-state index in [2.05, 4.69) is 9.80 Å². The number of aliphatic hydroxyl groups is 1. The third-order valence-electron chi connectivity index (χ3n) is 4.56. The van der Waals surface area contributed by atoms with Crippen molar-refractivity contribution in [3.63, 3.8) is 0 Å². The summed E-state index contributed by atoms with van der Waals surface area (Å²) < 4.78 is 25.0. The maximum atomic E-state index is 11.7. The molecule has 2 fully saturated rings. The van der Waals surface area contributed by atoms with Crippen LogP contribution in [0.4, 0.5) is 0 Å². The molecule has 0 aromatic rings. The number of piperidine rings is 1. The summed E-state index contributed by atoms with van der Waals surface area (Å²) in [5.74, 6) is 0.456. The molecule has 2 saturated heterocycles. The van der Waals surface area contributed by atoms with Crippen LogP contribution in [-0.4, -0.2) is 92.9 Å². The molecule has 1 atom stereocenters. The molecule has 0 saturated carbocycles. The average molecular weight is 319 g/mol. The lowest BCUT2D eigenvalue weighted by Crippen LogP contribution is -2.44. The first-order valence-electron chi connectivity index (χ1n) is 7.99. The zero-order chi connectivity index (χ0) is 15.3. The van der Waals surface area contributed by atoms with Crippen LogP contribution in [-0.2, 0) is 10.0 Å². The SMILES string of the molecule is CS(=O)(=O)N1CCCC(CN2CCCN(CCO)CC2)C1. The van der Waals surface area contributed by atoms with Crippen LogP contribution in [0, 0.1) is 5.92 Å². The molecule has 2 aliphatic rings. The minimum absolute atomic E-state index is 0.228. The van der Waals surface area contributed by atoms with Crippen LogP contribution in [0.1, 0.15) is 19.3 Å². The van der Waals surface area contributed by atoms with E-state index < -0.39 is 10.0 Å².